The molecule has 0 atom stereocenters. The van der Waals surface area contributed by atoms with Crippen LogP contribution < -0.4 is 15.4 Å². The van der Waals surface area contributed by atoms with E-state index in [1.807, 2.05) is 12.1 Å². The lowest BCUT2D eigenvalue weighted by Gasteiger charge is -2.21. The monoisotopic (exact) mass is 274 g/mol. The molecular formula is C16H22N2O2. The van der Waals surface area contributed by atoms with Crippen LogP contribution in [0.3, 0.4) is 0 Å². The first kappa shape index (κ1) is 13.3. The Balaban J connectivity index is 1.56. The molecule has 0 saturated heterocycles. The van der Waals surface area contributed by atoms with Crippen LogP contribution in [0, 0.1) is 0 Å². The van der Waals surface area contributed by atoms with Crippen molar-refractivity contribution >= 4 is 11.6 Å². The minimum Gasteiger partial charge on any atom is -0.482 e. The molecule has 0 aromatic heterocycles. The molecular weight excluding hydrogens is 252 g/mol. The van der Waals surface area contributed by atoms with Gasteiger partial charge in [0.15, 0.2) is 6.61 Å². The average Bonchev–Trinajstić information content (AvgIpc) is 2.98. The fraction of sp³-hybridized carbons (Fsp3) is 0.562. The lowest BCUT2D eigenvalue weighted by molar-refractivity contribution is -0.123. The lowest BCUT2D eigenvalue weighted by Crippen LogP contribution is -2.36. The van der Waals surface area contributed by atoms with Gasteiger partial charge in [0.1, 0.15) is 5.75 Å². The van der Waals surface area contributed by atoms with Gasteiger partial charge in [0.2, 0.25) is 0 Å². The van der Waals surface area contributed by atoms with E-state index < -0.39 is 0 Å². The SMILES string of the molecule is O=C(COc1cccc2c1NCCC2)NC1CCCC1. The summed E-state index contributed by atoms with van der Waals surface area (Å²) < 4.78 is 5.70. The Morgan fingerprint density at radius 2 is 2.15 bits per heavy atom. The molecule has 0 radical (unpaired) electrons. The first-order chi connectivity index (χ1) is 9.83. The number of anilines is 1. The number of para-hydroxylation sites is 1. The number of hydrogen-bond donors (Lipinski definition) is 2. The van der Waals surface area contributed by atoms with Gasteiger partial charge < -0.3 is 15.4 Å². The number of amides is 1. The Morgan fingerprint density at radius 1 is 1.30 bits per heavy atom. The molecule has 1 saturated carbocycles. The van der Waals surface area contributed by atoms with Crippen molar-refractivity contribution in [3.63, 3.8) is 0 Å². The Bertz CT molecular complexity index is 481. The number of rotatable bonds is 4. The number of benzene rings is 1. The van der Waals surface area contributed by atoms with Gasteiger partial charge in [-0.15, -0.1) is 0 Å². The number of carbonyl (C=O) groups excluding carboxylic acids is 1. The van der Waals surface area contributed by atoms with Crippen molar-refractivity contribution in [1.82, 2.24) is 5.32 Å². The third-order valence-corrected chi connectivity index (χ3v) is 4.12. The summed E-state index contributed by atoms with van der Waals surface area (Å²) in [6, 6.07) is 6.40. The van der Waals surface area contributed by atoms with Gasteiger partial charge in [-0.05, 0) is 37.3 Å². The molecule has 2 aliphatic rings. The minimum absolute atomic E-state index is 0.00897. The normalized spacial score (nSPS) is 18.2. The molecule has 1 heterocycles. The molecule has 1 aliphatic carbocycles. The van der Waals surface area contributed by atoms with E-state index in [1.165, 1.54) is 18.4 Å². The number of nitrogens with one attached hydrogen (secondary N) is 2. The van der Waals surface area contributed by atoms with Crippen LogP contribution in [0.1, 0.15) is 37.7 Å². The van der Waals surface area contributed by atoms with E-state index in [0.29, 0.717) is 6.04 Å². The van der Waals surface area contributed by atoms with Gasteiger partial charge in [0.25, 0.3) is 5.91 Å². The molecule has 1 aromatic carbocycles. The Kier molecular flexibility index (Phi) is 4.09. The molecule has 108 valence electrons. The predicted molar refractivity (Wildman–Crippen MR) is 79.1 cm³/mol. The fourth-order valence-electron chi connectivity index (χ4n) is 3.08. The van der Waals surface area contributed by atoms with E-state index in [-0.39, 0.29) is 12.5 Å². The van der Waals surface area contributed by atoms with Crippen LogP contribution in [-0.4, -0.2) is 25.1 Å². The van der Waals surface area contributed by atoms with Crippen molar-refractivity contribution in [2.45, 2.75) is 44.6 Å². The molecule has 4 heteroatoms. The Labute approximate surface area is 119 Å². The topological polar surface area (TPSA) is 50.4 Å². The van der Waals surface area contributed by atoms with Crippen molar-refractivity contribution in [3.8, 4) is 5.75 Å². The second-order valence-corrected chi connectivity index (χ2v) is 5.66. The molecule has 4 nitrogen and oxygen atoms in total. The number of aryl methyl sites for hydroxylation is 1. The van der Waals surface area contributed by atoms with Crippen molar-refractivity contribution < 1.29 is 9.53 Å². The standard InChI is InChI=1S/C16H22N2O2/c19-15(18-13-7-1-2-8-13)11-20-14-9-3-5-12-6-4-10-17-16(12)14/h3,5,9,13,17H,1-2,4,6-8,10-11H2,(H,18,19). The molecule has 3 rings (SSSR count). The number of fused-ring (bicyclic) bond motifs is 1. The summed E-state index contributed by atoms with van der Waals surface area (Å²) in [4.78, 5) is 11.9. The van der Waals surface area contributed by atoms with Gasteiger partial charge >= 0.3 is 0 Å². The summed E-state index contributed by atoms with van der Waals surface area (Å²) in [5.41, 5.74) is 2.34. The maximum atomic E-state index is 11.9. The van der Waals surface area contributed by atoms with Gasteiger partial charge in [-0.2, -0.15) is 0 Å². The summed E-state index contributed by atoms with van der Waals surface area (Å²) in [5.74, 6) is 0.786. The van der Waals surface area contributed by atoms with Crippen LogP contribution in [0.15, 0.2) is 18.2 Å². The van der Waals surface area contributed by atoms with E-state index in [1.54, 1.807) is 0 Å². The Hall–Kier alpha value is -1.71. The first-order valence-electron chi connectivity index (χ1n) is 7.61. The summed E-state index contributed by atoms with van der Waals surface area (Å²) in [7, 11) is 0. The zero-order chi connectivity index (χ0) is 13.8. The molecule has 1 fully saturated rings. The van der Waals surface area contributed by atoms with Crippen molar-refractivity contribution in [1.29, 1.82) is 0 Å². The number of hydrogen-bond acceptors (Lipinski definition) is 3. The summed E-state index contributed by atoms with van der Waals surface area (Å²) in [6.45, 7) is 1.08. The highest BCUT2D eigenvalue weighted by atomic mass is 16.5. The molecule has 1 aromatic rings. The van der Waals surface area contributed by atoms with Crippen molar-refractivity contribution in [3.05, 3.63) is 23.8 Å². The smallest absolute Gasteiger partial charge is 0.258 e. The fourth-order valence-corrected chi connectivity index (χ4v) is 3.08. The maximum Gasteiger partial charge on any atom is 0.258 e. The molecule has 0 spiro atoms. The van der Waals surface area contributed by atoms with E-state index in [4.69, 9.17) is 4.74 Å². The van der Waals surface area contributed by atoms with Gasteiger partial charge in [0, 0.05) is 12.6 Å². The second kappa shape index (κ2) is 6.16. The van der Waals surface area contributed by atoms with Crippen LogP contribution in [0.2, 0.25) is 0 Å². The first-order valence-corrected chi connectivity index (χ1v) is 7.61. The molecule has 1 amide bonds. The van der Waals surface area contributed by atoms with E-state index >= 15 is 0 Å². The lowest BCUT2D eigenvalue weighted by atomic mass is 10.0. The molecule has 20 heavy (non-hydrogen) atoms. The van der Waals surface area contributed by atoms with Crippen LogP contribution in [0.4, 0.5) is 5.69 Å². The highest BCUT2D eigenvalue weighted by Crippen LogP contribution is 2.31. The quantitative estimate of drug-likeness (QED) is 0.887. The van der Waals surface area contributed by atoms with Crippen molar-refractivity contribution in [2.24, 2.45) is 0 Å². The molecule has 1 aliphatic heterocycles. The highest BCUT2D eigenvalue weighted by molar-refractivity contribution is 5.78. The Morgan fingerprint density at radius 3 is 3.00 bits per heavy atom. The van der Waals surface area contributed by atoms with E-state index in [2.05, 4.69) is 16.7 Å². The average molecular weight is 274 g/mol. The van der Waals surface area contributed by atoms with Gasteiger partial charge in [-0.3, -0.25) is 4.79 Å². The van der Waals surface area contributed by atoms with E-state index in [9.17, 15) is 4.79 Å². The molecule has 2 N–H and O–H groups in total. The largest absolute Gasteiger partial charge is 0.482 e. The van der Waals surface area contributed by atoms with Gasteiger partial charge in [-0.25, -0.2) is 0 Å². The second-order valence-electron chi connectivity index (χ2n) is 5.66. The predicted octanol–water partition coefficient (Wildman–Crippen LogP) is 2.48. The van der Waals surface area contributed by atoms with Crippen molar-refractivity contribution in [2.75, 3.05) is 18.5 Å². The number of ether oxygens (including phenoxy) is 1. The highest BCUT2D eigenvalue weighted by Gasteiger charge is 2.18. The van der Waals surface area contributed by atoms with Gasteiger partial charge in [-0.1, -0.05) is 25.0 Å². The minimum atomic E-state index is -0.00897. The van der Waals surface area contributed by atoms with Crippen LogP contribution >= 0.6 is 0 Å². The zero-order valence-corrected chi connectivity index (χ0v) is 11.8. The van der Waals surface area contributed by atoms with E-state index in [0.717, 1.165) is 43.7 Å². The third-order valence-electron chi connectivity index (χ3n) is 4.12. The van der Waals surface area contributed by atoms with Crippen LogP contribution in [-0.2, 0) is 11.2 Å². The maximum absolute atomic E-state index is 11.9. The zero-order valence-electron chi connectivity index (χ0n) is 11.8. The summed E-state index contributed by atoms with van der Waals surface area (Å²) in [5, 5.41) is 6.42. The van der Waals surface area contributed by atoms with Gasteiger partial charge in [0.05, 0.1) is 5.69 Å². The number of carbonyl (C=O) groups is 1. The third kappa shape index (κ3) is 3.06. The molecule has 0 unspecified atom stereocenters. The summed E-state index contributed by atoms with van der Waals surface area (Å²) in [6.07, 6.45) is 6.89. The summed E-state index contributed by atoms with van der Waals surface area (Å²) >= 11 is 0. The van der Waals surface area contributed by atoms with Crippen LogP contribution in [0.25, 0.3) is 0 Å². The molecule has 0 bridgehead atoms. The van der Waals surface area contributed by atoms with Crippen LogP contribution in [0.5, 0.6) is 5.75 Å².